The van der Waals surface area contributed by atoms with Gasteiger partial charge in [-0.25, -0.2) is 0 Å². The van der Waals surface area contributed by atoms with Crippen molar-refractivity contribution in [2.75, 3.05) is 13.1 Å². The molecule has 2 N–H and O–H groups in total. The SMILES string of the molecule is CCN1C(=O)C(=O)C(O)(NC2CCCCC2)N(CC)C1=S. The minimum Gasteiger partial charge on any atom is -0.352 e. The van der Waals surface area contributed by atoms with E-state index in [0.717, 1.165) is 25.7 Å². The first-order valence-corrected chi connectivity index (χ1v) is 8.04. The number of hydrogen-bond acceptors (Lipinski definition) is 5. The average Bonchev–Trinajstić information content (AvgIpc) is 2.47. The van der Waals surface area contributed by atoms with Crippen LogP contribution < -0.4 is 5.32 Å². The fraction of sp³-hybridized carbons (Fsp3) is 0.786. The molecular formula is C14H23N3O3S. The maximum absolute atomic E-state index is 12.4. The number of hydrogen-bond donors (Lipinski definition) is 2. The third-order valence-electron chi connectivity index (χ3n) is 4.25. The third-order valence-corrected chi connectivity index (χ3v) is 4.69. The molecule has 0 spiro atoms. The summed E-state index contributed by atoms with van der Waals surface area (Å²) in [4.78, 5) is 27.2. The number of nitrogens with zero attached hydrogens (tertiary/aromatic N) is 2. The van der Waals surface area contributed by atoms with Gasteiger partial charge in [0.15, 0.2) is 5.11 Å². The Hall–Kier alpha value is -1.05. The van der Waals surface area contributed by atoms with E-state index in [-0.39, 0.29) is 11.2 Å². The van der Waals surface area contributed by atoms with Crippen LogP contribution in [0.5, 0.6) is 0 Å². The summed E-state index contributed by atoms with van der Waals surface area (Å²) in [6, 6.07) is 0.0329. The number of thiocarbonyl (C=S) groups is 1. The number of aliphatic hydroxyl groups is 1. The standard InChI is InChI=1S/C14H23N3O3S/c1-3-16-12(19)11(18)14(20,17(4-2)13(16)21)15-10-8-6-5-7-9-10/h10,15,20H,3-9H2,1-2H3. The Bertz CT molecular complexity index is 451. The Morgan fingerprint density at radius 2 is 1.86 bits per heavy atom. The van der Waals surface area contributed by atoms with Crippen LogP contribution in [-0.2, 0) is 9.59 Å². The van der Waals surface area contributed by atoms with Crippen LogP contribution in [-0.4, -0.2) is 56.7 Å². The van der Waals surface area contributed by atoms with E-state index in [1.807, 2.05) is 0 Å². The Balaban J connectivity index is 2.27. The van der Waals surface area contributed by atoms with Crippen molar-refractivity contribution in [1.82, 2.24) is 15.1 Å². The highest BCUT2D eigenvalue weighted by molar-refractivity contribution is 7.80. The number of amides is 1. The van der Waals surface area contributed by atoms with Crippen LogP contribution in [0.4, 0.5) is 0 Å². The topological polar surface area (TPSA) is 72.9 Å². The van der Waals surface area contributed by atoms with Crippen LogP contribution in [0.1, 0.15) is 46.0 Å². The lowest BCUT2D eigenvalue weighted by molar-refractivity contribution is -0.176. The first-order valence-electron chi connectivity index (χ1n) is 7.63. The van der Waals surface area contributed by atoms with Gasteiger partial charge < -0.3 is 10.0 Å². The minimum absolute atomic E-state index is 0.0329. The van der Waals surface area contributed by atoms with Crippen LogP contribution in [0.3, 0.4) is 0 Å². The molecule has 118 valence electrons. The van der Waals surface area contributed by atoms with Gasteiger partial charge in [0, 0.05) is 19.1 Å². The molecule has 1 saturated carbocycles. The third kappa shape index (κ3) is 2.82. The molecule has 0 radical (unpaired) electrons. The number of carbonyl (C=O) groups is 2. The number of likely N-dealkylation sites (N-methyl/N-ethyl adjacent to an activating group) is 2. The molecule has 2 rings (SSSR count). The van der Waals surface area contributed by atoms with Gasteiger partial charge in [0.25, 0.3) is 11.6 Å². The van der Waals surface area contributed by atoms with E-state index in [1.165, 1.54) is 16.2 Å². The lowest BCUT2D eigenvalue weighted by Crippen LogP contribution is -2.76. The zero-order valence-electron chi connectivity index (χ0n) is 12.6. The Labute approximate surface area is 130 Å². The molecule has 0 aromatic carbocycles. The quantitative estimate of drug-likeness (QED) is 0.450. The van der Waals surface area contributed by atoms with Gasteiger partial charge in [0.2, 0.25) is 0 Å². The van der Waals surface area contributed by atoms with Gasteiger partial charge >= 0.3 is 5.91 Å². The average molecular weight is 313 g/mol. The maximum Gasteiger partial charge on any atom is 0.302 e. The van der Waals surface area contributed by atoms with Crippen molar-refractivity contribution in [3.05, 3.63) is 0 Å². The van der Waals surface area contributed by atoms with E-state index in [2.05, 4.69) is 5.32 Å². The monoisotopic (exact) mass is 313 g/mol. The van der Waals surface area contributed by atoms with Crippen molar-refractivity contribution in [3.8, 4) is 0 Å². The van der Waals surface area contributed by atoms with Crippen LogP contribution in [0.25, 0.3) is 0 Å². The number of ketones is 1. The zero-order chi connectivity index (χ0) is 15.6. The summed E-state index contributed by atoms with van der Waals surface area (Å²) in [5, 5.41) is 14.0. The Morgan fingerprint density at radius 3 is 2.38 bits per heavy atom. The Kier molecular flexibility index (Phi) is 4.95. The molecule has 1 aliphatic heterocycles. The molecule has 1 amide bonds. The van der Waals surface area contributed by atoms with Gasteiger partial charge in [-0.2, -0.15) is 0 Å². The van der Waals surface area contributed by atoms with E-state index in [9.17, 15) is 14.7 Å². The van der Waals surface area contributed by atoms with Gasteiger partial charge in [-0.15, -0.1) is 0 Å². The van der Waals surface area contributed by atoms with E-state index >= 15 is 0 Å². The highest BCUT2D eigenvalue weighted by Gasteiger charge is 2.54. The van der Waals surface area contributed by atoms with Gasteiger partial charge in [-0.05, 0) is 38.9 Å². The fourth-order valence-electron chi connectivity index (χ4n) is 3.08. The summed E-state index contributed by atoms with van der Waals surface area (Å²) < 4.78 is 0. The number of carbonyl (C=O) groups excluding carboxylic acids is 2. The summed E-state index contributed by atoms with van der Waals surface area (Å²) in [6.45, 7) is 4.23. The van der Waals surface area contributed by atoms with Gasteiger partial charge in [-0.3, -0.25) is 19.8 Å². The second-order valence-corrected chi connectivity index (χ2v) is 5.92. The molecule has 2 aliphatic rings. The second kappa shape index (κ2) is 6.37. The fourth-order valence-corrected chi connectivity index (χ4v) is 3.56. The van der Waals surface area contributed by atoms with Gasteiger partial charge in [0.05, 0.1) is 0 Å². The summed E-state index contributed by atoms with van der Waals surface area (Å²) in [7, 11) is 0. The predicted molar refractivity (Wildman–Crippen MR) is 82.3 cm³/mol. The molecular weight excluding hydrogens is 290 g/mol. The minimum atomic E-state index is -2.00. The van der Waals surface area contributed by atoms with Crippen LogP contribution in [0.15, 0.2) is 0 Å². The molecule has 21 heavy (non-hydrogen) atoms. The van der Waals surface area contributed by atoms with Crippen molar-refractivity contribution >= 4 is 29.0 Å². The van der Waals surface area contributed by atoms with Crippen LogP contribution >= 0.6 is 12.2 Å². The largest absolute Gasteiger partial charge is 0.352 e. The van der Waals surface area contributed by atoms with Crippen molar-refractivity contribution < 1.29 is 14.7 Å². The van der Waals surface area contributed by atoms with E-state index in [1.54, 1.807) is 13.8 Å². The molecule has 1 atom stereocenters. The van der Waals surface area contributed by atoms with Crippen molar-refractivity contribution in [1.29, 1.82) is 0 Å². The molecule has 1 aliphatic carbocycles. The maximum atomic E-state index is 12.4. The number of Topliss-reactive ketones (excluding diaryl/α,β-unsaturated/α-hetero) is 1. The predicted octanol–water partition coefficient (Wildman–Crippen LogP) is 0.593. The zero-order valence-corrected chi connectivity index (χ0v) is 13.4. The lowest BCUT2D eigenvalue weighted by atomic mass is 9.94. The molecule has 0 aromatic heterocycles. The lowest BCUT2D eigenvalue weighted by Gasteiger charge is -2.47. The smallest absolute Gasteiger partial charge is 0.302 e. The van der Waals surface area contributed by atoms with Crippen molar-refractivity contribution in [2.45, 2.75) is 57.8 Å². The summed E-state index contributed by atoms with van der Waals surface area (Å²) in [6.07, 6.45) is 5.08. The van der Waals surface area contributed by atoms with E-state index in [4.69, 9.17) is 12.2 Å². The normalized spacial score (nSPS) is 28.4. The summed E-state index contributed by atoms with van der Waals surface area (Å²) in [5.74, 6) is -3.58. The first-order chi connectivity index (χ1) is 9.95. The van der Waals surface area contributed by atoms with Gasteiger partial charge in [0.1, 0.15) is 0 Å². The van der Waals surface area contributed by atoms with Crippen molar-refractivity contribution in [2.24, 2.45) is 0 Å². The number of nitrogens with one attached hydrogen (secondary N) is 1. The molecule has 0 aromatic rings. The Morgan fingerprint density at radius 1 is 1.24 bits per heavy atom. The summed E-state index contributed by atoms with van der Waals surface area (Å²) >= 11 is 5.27. The molecule has 1 unspecified atom stereocenters. The first kappa shape index (κ1) is 16.3. The van der Waals surface area contributed by atoms with Crippen LogP contribution in [0.2, 0.25) is 0 Å². The highest BCUT2D eigenvalue weighted by Crippen LogP contribution is 2.25. The highest BCUT2D eigenvalue weighted by atomic mass is 32.1. The molecule has 6 nitrogen and oxygen atoms in total. The number of rotatable bonds is 4. The summed E-state index contributed by atoms with van der Waals surface area (Å²) in [5.41, 5.74) is 0. The molecule has 0 bridgehead atoms. The molecule has 1 saturated heterocycles. The second-order valence-electron chi connectivity index (χ2n) is 5.56. The molecule has 1 heterocycles. The van der Waals surface area contributed by atoms with E-state index < -0.39 is 17.5 Å². The molecule has 7 heteroatoms. The van der Waals surface area contributed by atoms with Gasteiger partial charge in [-0.1, -0.05) is 19.3 Å². The molecule has 2 fully saturated rings. The van der Waals surface area contributed by atoms with Crippen molar-refractivity contribution in [3.63, 3.8) is 0 Å². The van der Waals surface area contributed by atoms with E-state index in [0.29, 0.717) is 13.1 Å². The van der Waals surface area contributed by atoms with Crippen LogP contribution in [0, 0.1) is 0 Å².